The van der Waals surface area contributed by atoms with Crippen LogP contribution in [0, 0.1) is 5.41 Å². The minimum atomic E-state index is -0.842. The second kappa shape index (κ2) is 5.12. The Labute approximate surface area is 120 Å². The summed E-state index contributed by atoms with van der Waals surface area (Å²) in [4.78, 5) is 12.3. The standard InChI is InChI=1S/C18H20O2/c1-14(2)17(3)10-12-18(13-11-17,16(19)20-4)15-8-6-5-7-9-15/h5-13H,1H2,2-4H3. The van der Waals surface area contributed by atoms with Gasteiger partial charge < -0.3 is 4.74 Å². The molecule has 1 aromatic carbocycles. The van der Waals surface area contributed by atoms with Gasteiger partial charge in [0.2, 0.25) is 0 Å². The summed E-state index contributed by atoms with van der Waals surface area (Å²) < 4.78 is 5.01. The van der Waals surface area contributed by atoms with Crippen molar-refractivity contribution in [3.63, 3.8) is 0 Å². The highest BCUT2D eigenvalue weighted by Gasteiger charge is 2.40. The van der Waals surface area contributed by atoms with Crippen molar-refractivity contribution >= 4 is 5.97 Å². The van der Waals surface area contributed by atoms with E-state index in [0.29, 0.717) is 0 Å². The quantitative estimate of drug-likeness (QED) is 0.615. The highest BCUT2D eigenvalue weighted by atomic mass is 16.5. The predicted molar refractivity (Wildman–Crippen MR) is 81.3 cm³/mol. The van der Waals surface area contributed by atoms with Crippen LogP contribution in [0.25, 0.3) is 0 Å². The summed E-state index contributed by atoms with van der Waals surface area (Å²) in [5, 5.41) is 0. The van der Waals surface area contributed by atoms with Gasteiger partial charge in [-0.05, 0) is 19.4 Å². The van der Waals surface area contributed by atoms with E-state index in [9.17, 15) is 4.79 Å². The maximum atomic E-state index is 12.3. The van der Waals surface area contributed by atoms with Crippen molar-refractivity contribution in [2.45, 2.75) is 19.3 Å². The monoisotopic (exact) mass is 268 g/mol. The summed E-state index contributed by atoms with van der Waals surface area (Å²) in [5.41, 5.74) is 0.886. The molecule has 0 atom stereocenters. The molecule has 0 radical (unpaired) electrons. The van der Waals surface area contributed by atoms with E-state index in [1.54, 1.807) is 0 Å². The number of rotatable bonds is 3. The molecule has 0 spiro atoms. The second-order valence-corrected chi connectivity index (χ2v) is 5.46. The molecule has 0 N–H and O–H groups in total. The van der Waals surface area contributed by atoms with Gasteiger partial charge in [-0.25, -0.2) is 0 Å². The van der Waals surface area contributed by atoms with Gasteiger partial charge in [0.25, 0.3) is 0 Å². The summed E-state index contributed by atoms with van der Waals surface area (Å²) in [7, 11) is 1.42. The number of benzene rings is 1. The summed E-state index contributed by atoms with van der Waals surface area (Å²) in [6, 6.07) is 9.66. The molecular formula is C18H20O2. The minimum Gasteiger partial charge on any atom is -0.468 e. The zero-order chi connectivity index (χ0) is 14.8. The van der Waals surface area contributed by atoms with Gasteiger partial charge in [-0.15, -0.1) is 0 Å². The summed E-state index contributed by atoms with van der Waals surface area (Å²) in [6.07, 6.45) is 7.89. The molecule has 2 heteroatoms. The molecule has 0 aliphatic heterocycles. The summed E-state index contributed by atoms with van der Waals surface area (Å²) >= 11 is 0. The Hall–Kier alpha value is -2.09. The summed E-state index contributed by atoms with van der Waals surface area (Å²) in [6.45, 7) is 8.08. The van der Waals surface area contributed by atoms with Crippen molar-refractivity contribution < 1.29 is 9.53 Å². The fourth-order valence-corrected chi connectivity index (χ4v) is 2.33. The lowest BCUT2D eigenvalue weighted by atomic mass is 9.70. The Balaban J connectivity index is 2.52. The van der Waals surface area contributed by atoms with Crippen LogP contribution >= 0.6 is 0 Å². The first-order valence-corrected chi connectivity index (χ1v) is 6.65. The average molecular weight is 268 g/mol. The number of carbonyl (C=O) groups is 1. The first-order valence-electron chi connectivity index (χ1n) is 6.65. The highest BCUT2D eigenvalue weighted by Crippen LogP contribution is 2.40. The topological polar surface area (TPSA) is 26.3 Å². The fraction of sp³-hybridized carbons (Fsp3) is 0.278. The molecule has 0 bridgehead atoms. The van der Waals surface area contributed by atoms with Crippen LogP contribution in [0.4, 0.5) is 0 Å². The van der Waals surface area contributed by atoms with Crippen molar-refractivity contribution in [1.29, 1.82) is 0 Å². The Kier molecular flexibility index (Phi) is 3.67. The molecule has 0 aromatic heterocycles. The van der Waals surface area contributed by atoms with Crippen molar-refractivity contribution in [2.75, 3.05) is 7.11 Å². The third-order valence-electron chi connectivity index (χ3n) is 4.08. The molecule has 0 saturated carbocycles. The van der Waals surface area contributed by atoms with Crippen LogP contribution in [0.15, 0.2) is 66.8 Å². The smallest absolute Gasteiger partial charge is 0.324 e. The first-order chi connectivity index (χ1) is 9.44. The van der Waals surface area contributed by atoms with E-state index in [2.05, 4.69) is 13.5 Å². The highest BCUT2D eigenvalue weighted by molar-refractivity contribution is 5.89. The molecule has 0 heterocycles. The van der Waals surface area contributed by atoms with Crippen LogP contribution in [-0.2, 0) is 14.9 Å². The normalized spacial score (nSPS) is 28.1. The van der Waals surface area contributed by atoms with E-state index in [4.69, 9.17) is 4.74 Å². The Morgan fingerprint density at radius 2 is 1.65 bits per heavy atom. The Morgan fingerprint density at radius 1 is 1.10 bits per heavy atom. The van der Waals surface area contributed by atoms with Crippen LogP contribution in [0.3, 0.4) is 0 Å². The van der Waals surface area contributed by atoms with Crippen molar-refractivity contribution in [1.82, 2.24) is 0 Å². The van der Waals surface area contributed by atoms with Gasteiger partial charge in [0.1, 0.15) is 5.41 Å². The van der Waals surface area contributed by atoms with Gasteiger partial charge in [-0.3, -0.25) is 4.79 Å². The molecule has 1 aliphatic rings. The maximum Gasteiger partial charge on any atom is 0.324 e. The molecular weight excluding hydrogens is 248 g/mol. The van der Waals surface area contributed by atoms with Crippen molar-refractivity contribution in [3.05, 3.63) is 72.4 Å². The van der Waals surface area contributed by atoms with Gasteiger partial charge in [-0.1, -0.05) is 66.8 Å². The zero-order valence-corrected chi connectivity index (χ0v) is 12.2. The predicted octanol–water partition coefficient (Wildman–Crippen LogP) is 3.81. The molecule has 1 aromatic rings. The number of ether oxygens (including phenoxy) is 1. The van der Waals surface area contributed by atoms with Crippen LogP contribution in [0.1, 0.15) is 19.4 Å². The third-order valence-corrected chi connectivity index (χ3v) is 4.08. The van der Waals surface area contributed by atoms with Gasteiger partial charge in [0, 0.05) is 5.41 Å². The molecule has 0 amide bonds. The molecule has 1 aliphatic carbocycles. The van der Waals surface area contributed by atoms with Crippen molar-refractivity contribution in [2.24, 2.45) is 5.41 Å². The maximum absolute atomic E-state index is 12.3. The molecule has 2 nitrogen and oxygen atoms in total. The SMILES string of the molecule is C=C(C)C1(C)C=CC(C(=O)OC)(c2ccccc2)C=C1. The van der Waals surface area contributed by atoms with E-state index in [0.717, 1.165) is 11.1 Å². The lowest BCUT2D eigenvalue weighted by molar-refractivity contribution is -0.144. The largest absolute Gasteiger partial charge is 0.468 e. The van der Waals surface area contributed by atoms with E-state index in [-0.39, 0.29) is 11.4 Å². The zero-order valence-electron chi connectivity index (χ0n) is 12.2. The summed E-state index contributed by atoms with van der Waals surface area (Å²) in [5.74, 6) is -0.278. The second-order valence-electron chi connectivity index (χ2n) is 5.46. The number of allylic oxidation sites excluding steroid dienone is 3. The van der Waals surface area contributed by atoms with E-state index in [1.165, 1.54) is 7.11 Å². The first kappa shape index (κ1) is 14.3. The Morgan fingerprint density at radius 3 is 2.10 bits per heavy atom. The molecule has 2 rings (SSSR count). The van der Waals surface area contributed by atoms with E-state index in [1.807, 2.05) is 61.6 Å². The minimum absolute atomic E-state index is 0.216. The Bertz CT molecular complexity index is 565. The molecule has 104 valence electrons. The van der Waals surface area contributed by atoms with Crippen molar-refractivity contribution in [3.8, 4) is 0 Å². The number of hydrogen-bond acceptors (Lipinski definition) is 2. The van der Waals surface area contributed by atoms with Gasteiger partial charge in [0.05, 0.1) is 7.11 Å². The van der Waals surface area contributed by atoms with Gasteiger partial charge in [-0.2, -0.15) is 0 Å². The van der Waals surface area contributed by atoms with E-state index >= 15 is 0 Å². The lowest BCUT2D eigenvalue weighted by Gasteiger charge is -2.33. The van der Waals surface area contributed by atoms with Crippen LogP contribution in [0.5, 0.6) is 0 Å². The van der Waals surface area contributed by atoms with Crippen LogP contribution in [-0.4, -0.2) is 13.1 Å². The molecule has 0 unspecified atom stereocenters. The molecule has 0 saturated heterocycles. The molecule has 20 heavy (non-hydrogen) atoms. The van der Waals surface area contributed by atoms with Gasteiger partial charge in [0.15, 0.2) is 0 Å². The number of esters is 1. The number of hydrogen-bond donors (Lipinski definition) is 0. The third kappa shape index (κ3) is 2.22. The lowest BCUT2D eigenvalue weighted by Crippen LogP contribution is -2.36. The van der Waals surface area contributed by atoms with Crippen LogP contribution in [0.2, 0.25) is 0 Å². The average Bonchev–Trinajstić information content (AvgIpc) is 2.48. The van der Waals surface area contributed by atoms with Crippen LogP contribution < -0.4 is 0 Å². The number of carbonyl (C=O) groups excluding carboxylic acids is 1. The van der Waals surface area contributed by atoms with Gasteiger partial charge >= 0.3 is 5.97 Å². The molecule has 0 fully saturated rings. The van der Waals surface area contributed by atoms with E-state index < -0.39 is 5.41 Å². The number of methoxy groups -OCH3 is 1. The fourth-order valence-electron chi connectivity index (χ4n) is 2.33.